The molecular weight excluding hydrogens is 372 g/mol. The van der Waals surface area contributed by atoms with Gasteiger partial charge in [0.25, 0.3) is 0 Å². The van der Waals surface area contributed by atoms with Crippen LogP contribution < -0.4 is 5.73 Å². The predicted octanol–water partition coefficient (Wildman–Crippen LogP) is 4.50. The van der Waals surface area contributed by atoms with E-state index in [-0.39, 0.29) is 0 Å². The fourth-order valence-electron chi connectivity index (χ4n) is 3.06. The van der Waals surface area contributed by atoms with Crippen LogP contribution in [0.4, 0.5) is 5.82 Å². The number of nitrogens with zero attached hydrogens (tertiary/aromatic N) is 5. The van der Waals surface area contributed by atoms with Gasteiger partial charge in [0.2, 0.25) is 5.95 Å². The minimum Gasteiger partial charge on any atom is -0.384 e. The van der Waals surface area contributed by atoms with Gasteiger partial charge in [-0.1, -0.05) is 23.7 Å². The van der Waals surface area contributed by atoms with E-state index in [9.17, 15) is 0 Å². The van der Waals surface area contributed by atoms with E-state index in [1.54, 1.807) is 18.6 Å². The molecule has 4 aromatic rings. The average molecular weight is 389 g/mol. The van der Waals surface area contributed by atoms with Crippen molar-refractivity contribution in [1.29, 1.82) is 0 Å². The Kier molecular flexibility index (Phi) is 4.06. The van der Waals surface area contributed by atoms with Crippen molar-refractivity contribution < 1.29 is 0 Å². The van der Waals surface area contributed by atoms with Crippen LogP contribution in [0.2, 0.25) is 5.02 Å². The number of anilines is 1. The summed E-state index contributed by atoms with van der Waals surface area (Å²) in [5.41, 5.74) is 10.3. The first kappa shape index (κ1) is 16.9. The zero-order valence-corrected chi connectivity index (χ0v) is 15.7. The third-order valence-corrected chi connectivity index (χ3v) is 5.02. The summed E-state index contributed by atoms with van der Waals surface area (Å²) >= 11 is 6.03. The van der Waals surface area contributed by atoms with Gasteiger partial charge in [-0.15, -0.1) is 0 Å². The molecule has 0 radical (unpaired) electrons. The molecule has 2 N–H and O–H groups in total. The molecular formula is C21H17ClN6. The zero-order chi connectivity index (χ0) is 19.1. The summed E-state index contributed by atoms with van der Waals surface area (Å²) in [6.07, 6.45) is 7.68. The summed E-state index contributed by atoms with van der Waals surface area (Å²) in [6, 6.07) is 13.4. The van der Waals surface area contributed by atoms with Crippen molar-refractivity contribution >= 4 is 17.4 Å². The number of benzene rings is 1. The molecule has 1 saturated carbocycles. The normalized spacial score (nSPS) is 13.6. The summed E-state index contributed by atoms with van der Waals surface area (Å²) < 4.78 is 1.84. The molecule has 0 amide bonds. The molecule has 0 saturated heterocycles. The van der Waals surface area contributed by atoms with Crippen molar-refractivity contribution in [3.05, 3.63) is 71.9 Å². The van der Waals surface area contributed by atoms with Gasteiger partial charge in [0.15, 0.2) is 0 Å². The van der Waals surface area contributed by atoms with Gasteiger partial charge in [-0.05, 0) is 43.2 Å². The molecule has 5 rings (SSSR count). The lowest BCUT2D eigenvalue weighted by molar-refractivity contribution is 0.885. The average Bonchev–Trinajstić information content (AvgIpc) is 3.46. The molecule has 0 unspecified atom stereocenters. The van der Waals surface area contributed by atoms with E-state index < -0.39 is 0 Å². The zero-order valence-electron chi connectivity index (χ0n) is 15.0. The van der Waals surface area contributed by atoms with Crippen molar-refractivity contribution in [2.24, 2.45) is 0 Å². The van der Waals surface area contributed by atoms with Gasteiger partial charge < -0.3 is 5.73 Å². The molecule has 1 fully saturated rings. The van der Waals surface area contributed by atoms with Crippen molar-refractivity contribution in [2.75, 3.05) is 5.73 Å². The smallest absolute Gasteiger partial charge is 0.235 e. The number of hydrogen-bond donors (Lipinski definition) is 1. The van der Waals surface area contributed by atoms with Crippen LogP contribution in [0.1, 0.15) is 24.5 Å². The first-order chi connectivity index (χ1) is 13.7. The molecule has 0 atom stereocenters. The van der Waals surface area contributed by atoms with Crippen LogP contribution in [0.25, 0.3) is 28.5 Å². The molecule has 0 spiro atoms. The van der Waals surface area contributed by atoms with Crippen molar-refractivity contribution in [3.8, 4) is 28.5 Å². The number of nitrogens with two attached hydrogens (primary N) is 1. The van der Waals surface area contributed by atoms with Gasteiger partial charge in [0.05, 0.1) is 11.4 Å². The van der Waals surface area contributed by atoms with Crippen LogP contribution in [0, 0.1) is 0 Å². The van der Waals surface area contributed by atoms with Crippen molar-refractivity contribution in [3.63, 3.8) is 0 Å². The van der Waals surface area contributed by atoms with Gasteiger partial charge in [-0.3, -0.25) is 4.57 Å². The van der Waals surface area contributed by atoms with Gasteiger partial charge in [0.1, 0.15) is 12.1 Å². The molecule has 28 heavy (non-hydrogen) atoms. The largest absolute Gasteiger partial charge is 0.384 e. The lowest BCUT2D eigenvalue weighted by Crippen LogP contribution is -2.03. The summed E-state index contributed by atoms with van der Waals surface area (Å²) in [7, 11) is 0. The van der Waals surface area contributed by atoms with Gasteiger partial charge in [-0.25, -0.2) is 19.9 Å². The summed E-state index contributed by atoms with van der Waals surface area (Å²) in [5.74, 6) is 1.60. The van der Waals surface area contributed by atoms with Crippen LogP contribution in [0.15, 0.2) is 61.2 Å². The van der Waals surface area contributed by atoms with E-state index in [0.29, 0.717) is 22.7 Å². The maximum atomic E-state index is 6.03. The van der Waals surface area contributed by atoms with Gasteiger partial charge >= 0.3 is 0 Å². The highest BCUT2D eigenvalue weighted by molar-refractivity contribution is 6.30. The van der Waals surface area contributed by atoms with Crippen LogP contribution in [-0.4, -0.2) is 24.5 Å². The fourth-order valence-corrected chi connectivity index (χ4v) is 3.19. The summed E-state index contributed by atoms with van der Waals surface area (Å²) in [4.78, 5) is 18.2. The van der Waals surface area contributed by atoms with Crippen LogP contribution in [-0.2, 0) is 0 Å². The Bertz CT molecular complexity index is 1130. The minimum absolute atomic E-state index is 0.483. The Morgan fingerprint density at radius 1 is 0.929 bits per heavy atom. The van der Waals surface area contributed by atoms with E-state index in [4.69, 9.17) is 27.3 Å². The lowest BCUT2D eigenvalue weighted by atomic mass is 10.1. The lowest BCUT2D eigenvalue weighted by Gasteiger charge is -2.08. The molecule has 1 aromatic carbocycles. The second-order valence-corrected chi connectivity index (χ2v) is 7.33. The SMILES string of the molecule is Nc1ccc(-c2cn(-c3nc(-c4ccc(Cl)cc4)cc(C4CC4)n3)cn2)cn1. The molecule has 7 heteroatoms. The number of hydrogen-bond acceptors (Lipinski definition) is 5. The molecule has 138 valence electrons. The second-order valence-electron chi connectivity index (χ2n) is 6.90. The highest BCUT2D eigenvalue weighted by Gasteiger charge is 2.26. The summed E-state index contributed by atoms with van der Waals surface area (Å²) in [6.45, 7) is 0. The van der Waals surface area contributed by atoms with Crippen molar-refractivity contribution in [2.45, 2.75) is 18.8 Å². The Labute approximate surface area is 167 Å². The molecule has 1 aliphatic rings. The van der Waals surface area contributed by atoms with E-state index in [0.717, 1.165) is 28.2 Å². The Morgan fingerprint density at radius 3 is 2.43 bits per heavy atom. The van der Waals surface area contributed by atoms with Crippen LogP contribution >= 0.6 is 11.6 Å². The quantitative estimate of drug-likeness (QED) is 0.556. The topological polar surface area (TPSA) is 82.5 Å². The minimum atomic E-state index is 0.483. The number of pyridine rings is 1. The molecule has 1 aliphatic carbocycles. The Balaban J connectivity index is 1.56. The number of nitrogen functional groups attached to an aromatic ring is 1. The highest BCUT2D eigenvalue weighted by Crippen LogP contribution is 2.40. The van der Waals surface area contributed by atoms with Gasteiger partial charge in [0, 0.05) is 40.2 Å². The van der Waals surface area contributed by atoms with Crippen LogP contribution in [0.5, 0.6) is 0 Å². The highest BCUT2D eigenvalue weighted by atomic mass is 35.5. The molecule has 3 heterocycles. The second kappa shape index (κ2) is 6.73. The fraction of sp³-hybridized carbons (Fsp3) is 0.143. The Morgan fingerprint density at radius 2 is 1.71 bits per heavy atom. The van der Waals surface area contributed by atoms with Crippen molar-refractivity contribution in [1.82, 2.24) is 24.5 Å². The first-order valence-corrected chi connectivity index (χ1v) is 9.45. The number of rotatable bonds is 4. The molecule has 3 aromatic heterocycles. The standard InChI is InChI=1S/C21H17ClN6/c22-16-6-3-14(4-7-16)18-9-17(13-1-2-13)26-21(27-18)28-11-19(25-12-28)15-5-8-20(23)24-10-15/h3-13H,1-2H2,(H2,23,24). The van der Waals surface area contributed by atoms with E-state index in [1.165, 1.54) is 12.8 Å². The predicted molar refractivity (Wildman–Crippen MR) is 109 cm³/mol. The molecule has 6 nitrogen and oxygen atoms in total. The monoisotopic (exact) mass is 388 g/mol. The maximum absolute atomic E-state index is 6.03. The number of halogens is 1. The maximum Gasteiger partial charge on any atom is 0.235 e. The van der Waals surface area contributed by atoms with Gasteiger partial charge in [-0.2, -0.15) is 0 Å². The number of imidazole rings is 1. The van der Waals surface area contributed by atoms with E-state index in [1.807, 2.05) is 41.1 Å². The van der Waals surface area contributed by atoms with E-state index in [2.05, 4.69) is 16.0 Å². The number of aromatic nitrogens is 5. The molecule has 0 bridgehead atoms. The third-order valence-electron chi connectivity index (χ3n) is 4.77. The molecule has 0 aliphatic heterocycles. The first-order valence-electron chi connectivity index (χ1n) is 9.07. The summed E-state index contributed by atoms with van der Waals surface area (Å²) in [5, 5.41) is 0.705. The van der Waals surface area contributed by atoms with Crippen LogP contribution in [0.3, 0.4) is 0 Å². The Hall–Kier alpha value is -3.25. The third kappa shape index (κ3) is 3.34. The van der Waals surface area contributed by atoms with E-state index >= 15 is 0 Å².